The summed E-state index contributed by atoms with van der Waals surface area (Å²) in [7, 11) is -0.666. The first-order valence-corrected chi connectivity index (χ1v) is 15.7. The van der Waals surface area contributed by atoms with Gasteiger partial charge in [0.2, 0.25) is 15.9 Å². The number of hydrogen-bond donors (Lipinski definition) is 2. The molecule has 6 rings (SSSR count). The number of carbonyl (C=O) groups is 1. The molecule has 2 aromatic carbocycles. The van der Waals surface area contributed by atoms with Crippen molar-refractivity contribution in [1.82, 2.24) is 24.3 Å². The number of fused-ring (bicyclic) bond motifs is 2. The highest BCUT2D eigenvalue weighted by atomic mass is 32.2. The van der Waals surface area contributed by atoms with Crippen LogP contribution in [0.2, 0.25) is 0 Å². The third kappa shape index (κ3) is 5.63. The number of benzene rings is 2. The molecule has 42 heavy (non-hydrogen) atoms. The smallest absolute Gasteiger partial charge is 0.247 e. The number of likely N-dealkylation sites (tertiary alicyclic amines) is 1. The third-order valence-electron chi connectivity index (χ3n) is 8.71. The molecule has 1 spiro atoms. The van der Waals surface area contributed by atoms with Crippen LogP contribution in [0.15, 0.2) is 59.8 Å². The van der Waals surface area contributed by atoms with E-state index in [0.717, 1.165) is 40.8 Å². The van der Waals surface area contributed by atoms with E-state index in [2.05, 4.69) is 27.4 Å². The van der Waals surface area contributed by atoms with Crippen molar-refractivity contribution in [3.8, 4) is 22.6 Å². The number of methoxy groups -OCH3 is 1. The van der Waals surface area contributed by atoms with Crippen molar-refractivity contribution in [1.29, 1.82) is 0 Å². The van der Waals surface area contributed by atoms with Gasteiger partial charge in [0.25, 0.3) is 0 Å². The minimum Gasteiger partial charge on any atom is -0.497 e. The standard InChI is InChI=1S/C30H37N5O6S/c1-33-19-23(17-31-33)22-5-8-28-27(15-22)41-14-11-30(32-29(37)26-16-24(36)20-35(26)42(28,38)39)9-12-34(13-10-30)18-21-3-6-25(40-2)7-4-21/h3-8,15,17,19,24,26,36H,9-14,16,18,20H2,1-2H3,(H,32,37)/t24-,26+/m1/s1. The first-order valence-electron chi connectivity index (χ1n) is 14.3. The van der Waals surface area contributed by atoms with Crippen LogP contribution in [0, 0.1) is 0 Å². The van der Waals surface area contributed by atoms with Crippen LogP contribution in [0.3, 0.4) is 0 Å². The SMILES string of the molecule is COc1ccc(CN2CCC3(CCOc4cc(-c5cnn(C)c5)ccc4S(=O)(=O)N4C[C@H](O)C[C@H]4C(=O)N3)CC2)cc1. The van der Waals surface area contributed by atoms with Crippen molar-refractivity contribution >= 4 is 15.9 Å². The number of rotatable bonds is 4. The Balaban J connectivity index is 1.27. The Morgan fingerprint density at radius 1 is 1.12 bits per heavy atom. The number of nitrogens with one attached hydrogen (secondary N) is 1. The second-order valence-corrected chi connectivity index (χ2v) is 13.4. The second-order valence-electron chi connectivity index (χ2n) is 11.5. The molecule has 3 aliphatic rings. The van der Waals surface area contributed by atoms with E-state index in [4.69, 9.17) is 9.47 Å². The van der Waals surface area contributed by atoms with E-state index in [1.54, 1.807) is 30.1 Å². The van der Waals surface area contributed by atoms with Crippen molar-refractivity contribution in [3.63, 3.8) is 0 Å². The summed E-state index contributed by atoms with van der Waals surface area (Å²) in [5.74, 6) is 0.686. The fraction of sp³-hybridized carbons (Fsp3) is 0.467. The molecule has 2 N–H and O–H groups in total. The Bertz CT molecular complexity index is 1550. The Labute approximate surface area is 246 Å². The maximum atomic E-state index is 13.9. The molecule has 1 amide bonds. The highest BCUT2D eigenvalue weighted by Crippen LogP contribution is 2.37. The predicted octanol–water partition coefficient (Wildman–Crippen LogP) is 2.15. The minimum atomic E-state index is -4.14. The molecule has 224 valence electrons. The van der Waals surface area contributed by atoms with Crippen molar-refractivity contribution in [2.24, 2.45) is 7.05 Å². The Morgan fingerprint density at radius 2 is 1.88 bits per heavy atom. The van der Waals surface area contributed by atoms with Gasteiger partial charge >= 0.3 is 0 Å². The number of aliphatic hydroxyl groups is 1. The van der Waals surface area contributed by atoms with Crippen molar-refractivity contribution in [3.05, 3.63) is 60.4 Å². The number of hydrogen-bond acceptors (Lipinski definition) is 8. The van der Waals surface area contributed by atoms with E-state index in [1.807, 2.05) is 25.4 Å². The van der Waals surface area contributed by atoms with E-state index >= 15 is 0 Å². The first kappa shape index (κ1) is 28.7. The second kappa shape index (κ2) is 11.3. The molecule has 0 unspecified atom stereocenters. The number of nitrogens with zero attached hydrogens (tertiary/aromatic N) is 4. The predicted molar refractivity (Wildman–Crippen MR) is 155 cm³/mol. The Kier molecular flexibility index (Phi) is 7.73. The fourth-order valence-corrected chi connectivity index (χ4v) is 8.02. The van der Waals surface area contributed by atoms with Gasteiger partial charge in [-0.15, -0.1) is 0 Å². The lowest BCUT2D eigenvalue weighted by molar-refractivity contribution is -0.127. The van der Waals surface area contributed by atoms with Crippen molar-refractivity contribution in [2.75, 3.05) is 33.4 Å². The summed E-state index contributed by atoms with van der Waals surface area (Å²) in [6.07, 6.45) is 4.61. The molecule has 4 heterocycles. The van der Waals surface area contributed by atoms with Gasteiger partial charge in [0.1, 0.15) is 22.4 Å². The number of aryl methyl sites for hydroxylation is 1. The average Bonchev–Trinajstić information content (AvgIpc) is 3.60. The van der Waals surface area contributed by atoms with E-state index < -0.39 is 27.7 Å². The van der Waals surface area contributed by atoms with Gasteiger partial charge in [0, 0.05) is 63.4 Å². The summed E-state index contributed by atoms with van der Waals surface area (Å²) < 4.78 is 42.2. The molecule has 0 radical (unpaired) electrons. The van der Waals surface area contributed by atoms with Crippen LogP contribution in [-0.2, 0) is 28.4 Å². The van der Waals surface area contributed by atoms with E-state index in [-0.39, 0.29) is 36.1 Å². The summed E-state index contributed by atoms with van der Waals surface area (Å²) in [6, 6.07) is 12.0. The van der Waals surface area contributed by atoms with Gasteiger partial charge in [0.15, 0.2) is 0 Å². The quantitative estimate of drug-likeness (QED) is 0.470. The average molecular weight is 596 g/mol. The largest absolute Gasteiger partial charge is 0.497 e. The lowest BCUT2D eigenvalue weighted by Gasteiger charge is -2.43. The zero-order valence-corrected chi connectivity index (χ0v) is 24.7. The zero-order valence-electron chi connectivity index (χ0n) is 23.9. The van der Waals surface area contributed by atoms with Gasteiger partial charge in [-0.3, -0.25) is 14.4 Å². The number of piperidine rings is 1. The van der Waals surface area contributed by atoms with Gasteiger partial charge in [-0.1, -0.05) is 18.2 Å². The maximum absolute atomic E-state index is 13.9. The molecule has 0 saturated carbocycles. The van der Waals surface area contributed by atoms with Crippen LogP contribution in [0.4, 0.5) is 0 Å². The number of carbonyl (C=O) groups excluding carboxylic acids is 1. The molecule has 12 heteroatoms. The summed E-state index contributed by atoms with van der Waals surface area (Å²) in [6.45, 7) is 2.42. The molecule has 2 fully saturated rings. The first-order chi connectivity index (χ1) is 20.2. The van der Waals surface area contributed by atoms with Gasteiger partial charge in [-0.25, -0.2) is 8.42 Å². The number of ether oxygens (including phenoxy) is 2. The molecule has 3 aliphatic heterocycles. The zero-order chi connectivity index (χ0) is 29.5. The summed E-state index contributed by atoms with van der Waals surface area (Å²) >= 11 is 0. The van der Waals surface area contributed by atoms with Crippen LogP contribution in [-0.4, -0.2) is 89.5 Å². The van der Waals surface area contributed by atoms with Gasteiger partial charge in [0.05, 0.1) is 26.0 Å². The van der Waals surface area contributed by atoms with Crippen LogP contribution in [0.1, 0.15) is 31.2 Å². The molecule has 1 aromatic heterocycles. The third-order valence-corrected chi connectivity index (χ3v) is 10.6. The van der Waals surface area contributed by atoms with Crippen molar-refractivity contribution < 1.29 is 27.8 Å². The van der Waals surface area contributed by atoms with Crippen LogP contribution in [0.25, 0.3) is 11.1 Å². The molecular formula is C30H37N5O6S. The van der Waals surface area contributed by atoms with E-state index in [1.165, 1.54) is 11.6 Å². The van der Waals surface area contributed by atoms with E-state index in [9.17, 15) is 18.3 Å². The van der Waals surface area contributed by atoms with Gasteiger partial charge in [-0.2, -0.15) is 9.40 Å². The number of amides is 1. The lowest BCUT2D eigenvalue weighted by Crippen LogP contribution is -2.59. The lowest BCUT2D eigenvalue weighted by atomic mass is 9.84. The van der Waals surface area contributed by atoms with Crippen LogP contribution < -0.4 is 14.8 Å². The fourth-order valence-electron chi connectivity index (χ4n) is 6.27. The summed E-state index contributed by atoms with van der Waals surface area (Å²) in [5.41, 5.74) is 2.24. The maximum Gasteiger partial charge on any atom is 0.247 e. The minimum absolute atomic E-state index is 0.00713. The molecule has 0 bridgehead atoms. The summed E-state index contributed by atoms with van der Waals surface area (Å²) in [4.78, 5) is 16.1. The van der Waals surface area contributed by atoms with Crippen molar-refractivity contribution in [2.45, 2.75) is 54.8 Å². The topological polar surface area (TPSA) is 126 Å². The number of sulfonamides is 1. The number of aromatic nitrogens is 2. The Morgan fingerprint density at radius 3 is 2.57 bits per heavy atom. The molecule has 11 nitrogen and oxygen atoms in total. The van der Waals surface area contributed by atoms with Gasteiger partial charge < -0.3 is 19.9 Å². The molecule has 2 atom stereocenters. The van der Waals surface area contributed by atoms with Gasteiger partial charge in [-0.05, 0) is 48.2 Å². The Hall–Kier alpha value is -3.45. The number of aliphatic hydroxyl groups excluding tert-OH is 1. The van der Waals surface area contributed by atoms with Crippen LogP contribution in [0.5, 0.6) is 11.5 Å². The highest BCUT2D eigenvalue weighted by molar-refractivity contribution is 7.89. The highest BCUT2D eigenvalue weighted by Gasteiger charge is 2.47. The normalized spacial score (nSPS) is 24.2. The molecule has 3 aromatic rings. The molecule has 2 saturated heterocycles. The monoisotopic (exact) mass is 595 g/mol. The van der Waals surface area contributed by atoms with E-state index in [0.29, 0.717) is 19.3 Å². The summed E-state index contributed by atoms with van der Waals surface area (Å²) in [5, 5.41) is 18.0. The molecule has 0 aliphatic carbocycles. The molecular weight excluding hydrogens is 558 g/mol. The van der Waals surface area contributed by atoms with Crippen LogP contribution >= 0.6 is 0 Å².